The molecule has 0 aliphatic carbocycles. The standard InChI is InChI=1S/C35H48N4O13/c1-18(2)28(38-25(41)8-6-5-7-15-39-26(42)13-14-27(39)43)34(48)36-19(3)33(47)37-23-11-9-22(17-51-20(4)40)21(16-23)10-12-24-29(44)30(45)31(46)32(52-24)35(49)50/h9,11,13-14,16,18-19,24,28-32,44-46H,5-8,10,12,15,17H2,1-4H3,(H,36,48)(H,37,47)(H,38,41)(H,49,50)/t19-,24-,28-,29-,30+,31-,32-/m0/s1. The number of carbonyl (C=O) groups is 7. The highest BCUT2D eigenvalue weighted by Gasteiger charge is 2.46. The number of aliphatic hydroxyl groups is 3. The molecule has 1 aromatic rings. The molecule has 7 N–H and O–H groups in total. The first-order valence-corrected chi connectivity index (χ1v) is 17.1. The van der Waals surface area contributed by atoms with Crippen LogP contribution in [0.3, 0.4) is 0 Å². The zero-order chi connectivity index (χ0) is 38.7. The number of unbranched alkanes of at least 4 members (excludes halogenated alkanes) is 2. The predicted octanol–water partition coefficient (Wildman–Crippen LogP) is -0.314. The van der Waals surface area contributed by atoms with Gasteiger partial charge in [-0.1, -0.05) is 26.3 Å². The smallest absolute Gasteiger partial charge is 0.335 e. The maximum absolute atomic E-state index is 13.1. The van der Waals surface area contributed by atoms with E-state index in [-0.39, 0.29) is 56.1 Å². The molecule has 0 spiro atoms. The highest BCUT2D eigenvalue weighted by Crippen LogP contribution is 2.27. The number of imide groups is 1. The molecule has 2 aliphatic rings. The third-order valence-corrected chi connectivity index (χ3v) is 8.76. The van der Waals surface area contributed by atoms with Gasteiger partial charge >= 0.3 is 11.9 Å². The number of anilines is 1. The SMILES string of the molecule is CC(=O)OCc1ccc(NC(=O)[C@H](C)NC(=O)[C@@H](NC(=O)CCCCCN2C(=O)C=CC2=O)C(C)C)cc1CC[C@@H]1O[C@H](C(=O)O)[C@@H](O)[C@H](O)[C@H]1O. The maximum atomic E-state index is 13.1. The van der Waals surface area contributed by atoms with Gasteiger partial charge in [0, 0.05) is 37.7 Å². The average Bonchev–Trinajstić information content (AvgIpc) is 3.40. The second kappa shape index (κ2) is 19.2. The topological polar surface area (TPSA) is 258 Å². The van der Waals surface area contributed by atoms with Gasteiger partial charge in [-0.05, 0) is 61.8 Å². The average molecular weight is 733 g/mol. The van der Waals surface area contributed by atoms with E-state index >= 15 is 0 Å². The van der Waals surface area contributed by atoms with E-state index in [1.165, 1.54) is 26.0 Å². The first-order chi connectivity index (χ1) is 24.5. The van der Waals surface area contributed by atoms with Crippen molar-refractivity contribution in [2.45, 2.75) is 115 Å². The van der Waals surface area contributed by atoms with Crippen LogP contribution in [0, 0.1) is 5.92 Å². The molecule has 0 bridgehead atoms. The van der Waals surface area contributed by atoms with E-state index in [0.717, 1.165) is 4.90 Å². The van der Waals surface area contributed by atoms with Gasteiger partial charge in [-0.3, -0.25) is 33.7 Å². The van der Waals surface area contributed by atoms with Crippen molar-refractivity contribution < 1.29 is 63.5 Å². The zero-order valence-electron chi connectivity index (χ0n) is 29.6. The third-order valence-electron chi connectivity index (χ3n) is 8.76. The minimum absolute atomic E-state index is 0.00763. The van der Waals surface area contributed by atoms with Gasteiger partial charge < -0.3 is 45.9 Å². The number of nitrogens with zero attached hydrogens (tertiary/aromatic N) is 1. The Hall–Kier alpha value is -4.71. The molecule has 7 atom stereocenters. The first-order valence-electron chi connectivity index (χ1n) is 17.1. The van der Waals surface area contributed by atoms with Crippen molar-refractivity contribution in [1.29, 1.82) is 0 Å². The summed E-state index contributed by atoms with van der Waals surface area (Å²) in [4.78, 5) is 86.3. The summed E-state index contributed by atoms with van der Waals surface area (Å²) in [6.45, 7) is 6.32. The molecule has 5 amide bonds. The van der Waals surface area contributed by atoms with Crippen molar-refractivity contribution >= 4 is 47.2 Å². The van der Waals surface area contributed by atoms with E-state index in [1.807, 2.05) is 0 Å². The number of aliphatic carboxylic acids is 1. The number of ether oxygens (including phenoxy) is 2. The summed E-state index contributed by atoms with van der Waals surface area (Å²) in [5.74, 6) is -4.60. The lowest BCUT2D eigenvalue weighted by Gasteiger charge is -2.39. The molecular weight excluding hydrogens is 684 g/mol. The van der Waals surface area contributed by atoms with Gasteiger partial charge in [0.2, 0.25) is 17.7 Å². The number of aryl methyl sites for hydroxylation is 1. The van der Waals surface area contributed by atoms with Crippen LogP contribution >= 0.6 is 0 Å². The van der Waals surface area contributed by atoms with Gasteiger partial charge in [0.15, 0.2) is 6.10 Å². The molecule has 17 nitrogen and oxygen atoms in total. The highest BCUT2D eigenvalue weighted by molar-refractivity contribution is 6.12. The fraction of sp³-hybridized carbons (Fsp3) is 0.571. The van der Waals surface area contributed by atoms with Crippen molar-refractivity contribution in [2.75, 3.05) is 11.9 Å². The van der Waals surface area contributed by atoms with E-state index in [4.69, 9.17) is 9.47 Å². The fourth-order valence-corrected chi connectivity index (χ4v) is 5.73. The number of nitrogens with one attached hydrogen (secondary N) is 3. The van der Waals surface area contributed by atoms with Crippen LogP contribution in [0.2, 0.25) is 0 Å². The number of amides is 5. The number of carboxylic acid groups (broad SMARTS) is 1. The Morgan fingerprint density at radius 2 is 1.56 bits per heavy atom. The van der Waals surface area contributed by atoms with Crippen LogP contribution in [0.5, 0.6) is 0 Å². The lowest BCUT2D eigenvalue weighted by molar-refractivity contribution is -0.228. The number of hydrogen-bond donors (Lipinski definition) is 7. The molecule has 1 aromatic carbocycles. The zero-order valence-corrected chi connectivity index (χ0v) is 29.6. The summed E-state index contributed by atoms with van der Waals surface area (Å²) in [6.07, 6.45) is -3.85. The summed E-state index contributed by atoms with van der Waals surface area (Å²) in [7, 11) is 0. The number of carbonyl (C=O) groups excluding carboxylic acids is 6. The van der Waals surface area contributed by atoms with Gasteiger partial charge in [-0.15, -0.1) is 0 Å². The lowest BCUT2D eigenvalue weighted by Crippen LogP contribution is -2.59. The summed E-state index contributed by atoms with van der Waals surface area (Å²) >= 11 is 0. The van der Waals surface area contributed by atoms with Crippen LogP contribution in [0.4, 0.5) is 5.69 Å². The number of carboxylic acids is 1. The van der Waals surface area contributed by atoms with Crippen LogP contribution in [-0.2, 0) is 56.1 Å². The molecule has 1 fully saturated rings. The van der Waals surface area contributed by atoms with Crippen LogP contribution in [0.15, 0.2) is 30.4 Å². The van der Waals surface area contributed by atoms with E-state index < -0.39 is 66.4 Å². The molecule has 2 heterocycles. The lowest BCUT2D eigenvalue weighted by atomic mass is 9.91. The molecule has 0 unspecified atom stereocenters. The molecule has 0 aromatic heterocycles. The summed E-state index contributed by atoms with van der Waals surface area (Å²) in [5.41, 5.74) is 1.39. The van der Waals surface area contributed by atoms with Gasteiger partial charge in [0.05, 0.1) is 6.10 Å². The molecule has 0 radical (unpaired) electrons. The maximum Gasteiger partial charge on any atom is 0.335 e. The quantitative estimate of drug-likeness (QED) is 0.0581. The normalized spacial score (nSPS) is 22.5. The Balaban J connectivity index is 1.57. The van der Waals surface area contributed by atoms with Crippen molar-refractivity contribution in [3.8, 4) is 0 Å². The Morgan fingerprint density at radius 1 is 0.885 bits per heavy atom. The van der Waals surface area contributed by atoms with Gasteiger partial charge in [-0.25, -0.2) is 4.79 Å². The molecular formula is C35H48N4O13. The summed E-state index contributed by atoms with van der Waals surface area (Å²) in [5, 5.41) is 48.0. The van der Waals surface area contributed by atoms with Crippen LogP contribution in [0.25, 0.3) is 0 Å². The number of benzene rings is 1. The summed E-state index contributed by atoms with van der Waals surface area (Å²) in [6, 6.07) is 2.76. The van der Waals surface area contributed by atoms with E-state index in [2.05, 4.69) is 16.0 Å². The van der Waals surface area contributed by atoms with E-state index in [9.17, 15) is 54.0 Å². The molecule has 17 heteroatoms. The third kappa shape index (κ3) is 11.7. The van der Waals surface area contributed by atoms with Gasteiger partial charge in [0.1, 0.15) is 37.0 Å². The number of aliphatic hydroxyl groups excluding tert-OH is 3. The van der Waals surface area contributed by atoms with E-state index in [1.54, 1.807) is 32.0 Å². The second-order valence-corrected chi connectivity index (χ2v) is 13.2. The molecule has 2 aliphatic heterocycles. The van der Waals surface area contributed by atoms with E-state index in [0.29, 0.717) is 36.1 Å². The molecule has 52 heavy (non-hydrogen) atoms. The molecule has 286 valence electrons. The van der Waals surface area contributed by atoms with Crippen molar-refractivity contribution in [3.05, 3.63) is 41.5 Å². The van der Waals surface area contributed by atoms with Crippen molar-refractivity contribution in [3.63, 3.8) is 0 Å². The molecule has 0 saturated carbocycles. The first kappa shape index (κ1) is 41.7. The second-order valence-electron chi connectivity index (χ2n) is 13.2. The Morgan fingerprint density at radius 3 is 2.17 bits per heavy atom. The minimum Gasteiger partial charge on any atom is -0.479 e. The van der Waals surface area contributed by atoms with Crippen LogP contribution in [0.1, 0.15) is 70.9 Å². The Kier molecular flexibility index (Phi) is 15.4. The van der Waals surface area contributed by atoms with Gasteiger partial charge in [0.25, 0.3) is 11.8 Å². The van der Waals surface area contributed by atoms with Crippen molar-refractivity contribution in [2.24, 2.45) is 5.92 Å². The monoisotopic (exact) mass is 732 g/mol. The fourth-order valence-electron chi connectivity index (χ4n) is 5.73. The number of rotatable bonds is 18. The number of esters is 1. The van der Waals surface area contributed by atoms with Crippen LogP contribution < -0.4 is 16.0 Å². The molecule has 1 saturated heterocycles. The van der Waals surface area contributed by atoms with Crippen LogP contribution in [-0.4, -0.2) is 116 Å². The minimum atomic E-state index is -1.83. The molecule has 3 rings (SSSR count). The van der Waals surface area contributed by atoms with Crippen molar-refractivity contribution in [1.82, 2.24) is 15.5 Å². The largest absolute Gasteiger partial charge is 0.479 e. The highest BCUT2D eigenvalue weighted by atomic mass is 16.6. The number of hydrogen-bond acceptors (Lipinski definition) is 12. The van der Waals surface area contributed by atoms with Gasteiger partial charge in [-0.2, -0.15) is 0 Å². The predicted molar refractivity (Wildman–Crippen MR) is 182 cm³/mol. The summed E-state index contributed by atoms with van der Waals surface area (Å²) < 4.78 is 10.5. The Bertz CT molecular complexity index is 1510. The Labute approximate surface area is 300 Å².